The Morgan fingerprint density at radius 3 is 2.86 bits per heavy atom. The number of aliphatic hydroxyl groups is 1. The van der Waals surface area contributed by atoms with E-state index in [9.17, 15) is 15.0 Å². The lowest BCUT2D eigenvalue weighted by Gasteiger charge is -2.29. The van der Waals surface area contributed by atoms with E-state index in [-0.39, 0.29) is 11.5 Å². The molecule has 2 aliphatic rings. The molecule has 3 rings (SSSR count). The second-order valence-electron chi connectivity index (χ2n) is 7.13. The summed E-state index contributed by atoms with van der Waals surface area (Å²) < 4.78 is 0. The number of likely N-dealkylation sites (tertiary alicyclic amines) is 1. The average molecular weight is 309 g/mol. The van der Waals surface area contributed by atoms with Gasteiger partial charge in [0.25, 0.3) is 0 Å². The predicted molar refractivity (Wildman–Crippen MR) is 83.0 cm³/mol. The van der Waals surface area contributed by atoms with Gasteiger partial charge < -0.3 is 10.2 Å². The monoisotopic (exact) mass is 309 g/mol. The van der Waals surface area contributed by atoms with Crippen LogP contribution in [0.5, 0.6) is 0 Å². The number of nitrogens with zero attached hydrogens (tertiary/aromatic N) is 1. The first-order valence-corrected chi connectivity index (χ1v) is 8.44. The van der Waals surface area contributed by atoms with Gasteiger partial charge in [-0.1, -0.05) is 13.8 Å². The van der Waals surface area contributed by atoms with Crippen molar-refractivity contribution < 1.29 is 15.0 Å². The van der Waals surface area contributed by atoms with Gasteiger partial charge in [0.1, 0.15) is 0 Å². The molecule has 0 spiro atoms. The van der Waals surface area contributed by atoms with E-state index in [1.54, 1.807) is 11.3 Å². The molecule has 5 heteroatoms. The molecule has 0 bridgehead atoms. The lowest BCUT2D eigenvalue weighted by atomic mass is 9.76. The first-order valence-electron chi connectivity index (χ1n) is 7.63. The van der Waals surface area contributed by atoms with Gasteiger partial charge >= 0.3 is 5.97 Å². The number of β-amino-alcohol motifs (C(OH)–C–C–N with tert-alkyl or cyclic N) is 1. The lowest BCUT2D eigenvalue weighted by Crippen LogP contribution is -2.24. The number of hydrogen-bond donors (Lipinski definition) is 2. The van der Waals surface area contributed by atoms with Gasteiger partial charge in [-0.2, -0.15) is 0 Å². The molecule has 116 valence electrons. The first-order chi connectivity index (χ1) is 9.85. The molecular formula is C16H23NO3S. The maximum absolute atomic E-state index is 11.7. The summed E-state index contributed by atoms with van der Waals surface area (Å²) >= 11 is 1.67. The van der Waals surface area contributed by atoms with Crippen LogP contribution in [-0.2, 0) is 19.4 Å². The van der Waals surface area contributed by atoms with E-state index in [4.69, 9.17) is 0 Å². The van der Waals surface area contributed by atoms with E-state index in [0.717, 1.165) is 42.7 Å². The topological polar surface area (TPSA) is 60.8 Å². The molecule has 1 aromatic heterocycles. The Hall–Kier alpha value is -0.910. The Kier molecular flexibility index (Phi) is 3.84. The van der Waals surface area contributed by atoms with Gasteiger partial charge in [-0.15, -0.1) is 11.3 Å². The largest absolute Gasteiger partial charge is 0.478 e. The number of thiophene rings is 1. The van der Waals surface area contributed by atoms with Crippen LogP contribution in [0, 0.1) is 5.41 Å². The third kappa shape index (κ3) is 3.00. The highest BCUT2D eigenvalue weighted by molar-refractivity contribution is 7.12. The Bertz CT molecular complexity index is 564. The maximum atomic E-state index is 11.7. The van der Waals surface area contributed by atoms with Crippen molar-refractivity contribution in [2.24, 2.45) is 5.41 Å². The molecule has 1 aliphatic heterocycles. The summed E-state index contributed by atoms with van der Waals surface area (Å²) in [7, 11) is 0. The van der Waals surface area contributed by atoms with Crippen LogP contribution in [0.15, 0.2) is 0 Å². The standard InChI is InChI=1S/C16H23NO3S/c1-16(2)5-3-12-11(7-16)14(15(19)20)13(21-12)9-17-6-4-10(18)8-17/h10,18H,3-9H2,1-2H3,(H,19,20)/t10-/m1/s1. The lowest BCUT2D eigenvalue weighted by molar-refractivity contribution is 0.0693. The average Bonchev–Trinajstić information content (AvgIpc) is 2.91. The number of aromatic carboxylic acids is 1. The van der Waals surface area contributed by atoms with Crippen LogP contribution in [0.3, 0.4) is 0 Å². The van der Waals surface area contributed by atoms with E-state index in [0.29, 0.717) is 18.7 Å². The number of carboxylic acid groups (broad SMARTS) is 1. The molecule has 0 aromatic carbocycles. The summed E-state index contributed by atoms with van der Waals surface area (Å²) in [5, 5.41) is 19.3. The molecule has 1 atom stereocenters. The molecule has 21 heavy (non-hydrogen) atoms. The van der Waals surface area contributed by atoms with Crippen molar-refractivity contribution in [3.8, 4) is 0 Å². The van der Waals surface area contributed by atoms with Crippen LogP contribution in [0.4, 0.5) is 0 Å². The van der Waals surface area contributed by atoms with Crippen LogP contribution in [0.1, 0.15) is 52.4 Å². The highest BCUT2D eigenvalue weighted by Gasteiger charge is 2.33. The SMILES string of the molecule is CC1(C)CCc2sc(CN3CC[C@@H](O)C3)c(C(=O)O)c2C1. The highest BCUT2D eigenvalue weighted by Crippen LogP contribution is 2.42. The van der Waals surface area contributed by atoms with Crippen molar-refractivity contribution >= 4 is 17.3 Å². The zero-order valence-electron chi connectivity index (χ0n) is 12.7. The van der Waals surface area contributed by atoms with Crippen LogP contribution >= 0.6 is 11.3 Å². The van der Waals surface area contributed by atoms with E-state index in [1.807, 2.05) is 0 Å². The van der Waals surface area contributed by atoms with E-state index >= 15 is 0 Å². The number of carboxylic acids is 1. The Labute approximate surface area is 129 Å². The molecule has 0 radical (unpaired) electrons. The normalized spacial score (nSPS) is 25.0. The van der Waals surface area contributed by atoms with Crippen LogP contribution in [0.2, 0.25) is 0 Å². The van der Waals surface area contributed by atoms with Gasteiger partial charge in [-0.25, -0.2) is 4.79 Å². The van der Waals surface area contributed by atoms with Crippen LogP contribution in [0.25, 0.3) is 0 Å². The molecule has 1 fully saturated rings. The summed E-state index contributed by atoms with van der Waals surface area (Å²) in [6, 6.07) is 0. The molecule has 1 saturated heterocycles. The summed E-state index contributed by atoms with van der Waals surface area (Å²) in [4.78, 5) is 16.1. The molecule has 0 amide bonds. The van der Waals surface area contributed by atoms with Crippen molar-refractivity contribution in [2.75, 3.05) is 13.1 Å². The van der Waals surface area contributed by atoms with Gasteiger partial charge in [0.05, 0.1) is 11.7 Å². The van der Waals surface area contributed by atoms with Gasteiger partial charge in [-0.05, 0) is 36.7 Å². The number of carbonyl (C=O) groups is 1. The van der Waals surface area contributed by atoms with Crippen molar-refractivity contribution in [1.82, 2.24) is 4.90 Å². The zero-order chi connectivity index (χ0) is 15.2. The van der Waals surface area contributed by atoms with E-state index < -0.39 is 5.97 Å². The second kappa shape index (κ2) is 5.38. The maximum Gasteiger partial charge on any atom is 0.337 e. The van der Waals surface area contributed by atoms with E-state index in [2.05, 4.69) is 18.7 Å². The smallest absolute Gasteiger partial charge is 0.337 e. The predicted octanol–water partition coefficient (Wildman–Crippen LogP) is 2.53. The molecule has 0 unspecified atom stereocenters. The molecule has 0 saturated carbocycles. The molecule has 2 heterocycles. The van der Waals surface area contributed by atoms with Gasteiger partial charge in [0.15, 0.2) is 0 Å². The van der Waals surface area contributed by atoms with Crippen LogP contribution in [-0.4, -0.2) is 40.3 Å². The Morgan fingerprint density at radius 1 is 1.48 bits per heavy atom. The van der Waals surface area contributed by atoms with E-state index in [1.165, 1.54) is 4.88 Å². The number of hydrogen-bond acceptors (Lipinski definition) is 4. The van der Waals surface area contributed by atoms with Gasteiger partial charge in [0, 0.05) is 29.4 Å². The second-order valence-corrected chi connectivity index (χ2v) is 8.32. The third-order valence-electron chi connectivity index (χ3n) is 4.68. The van der Waals surface area contributed by atoms with Crippen molar-refractivity contribution in [2.45, 2.75) is 52.2 Å². The summed E-state index contributed by atoms with van der Waals surface area (Å²) in [5.74, 6) is -0.792. The first kappa shape index (κ1) is 15.0. The minimum absolute atomic E-state index is 0.194. The van der Waals surface area contributed by atoms with Crippen molar-refractivity contribution in [1.29, 1.82) is 0 Å². The molecule has 2 N–H and O–H groups in total. The number of fused-ring (bicyclic) bond motifs is 1. The molecule has 1 aromatic rings. The van der Waals surface area contributed by atoms with Crippen molar-refractivity contribution in [3.05, 3.63) is 20.9 Å². The summed E-state index contributed by atoms with van der Waals surface area (Å²) in [6.07, 6.45) is 3.52. The summed E-state index contributed by atoms with van der Waals surface area (Å²) in [5.41, 5.74) is 1.81. The van der Waals surface area contributed by atoms with Gasteiger partial charge in [-0.3, -0.25) is 4.90 Å². The molecule has 1 aliphatic carbocycles. The Balaban J connectivity index is 1.90. The number of aliphatic hydroxyl groups excluding tert-OH is 1. The molecule has 4 nitrogen and oxygen atoms in total. The number of rotatable bonds is 3. The minimum Gasteiger partial charge on any atom is -0.478 e. The highest BCUT2D eigenvalue weighted by atomic mass is 32.1. The fraction of sp³-hybridized carbons (Fsp3) is 0.688. The molecular weight excluding hydrogens is 286 g/mol. The fourth-order valence-corrected chi connectivity index (χ4v) is 4.85. The van der Waals surface area contributed by atoms with Gasteiger partial charge in [0.2, 0.25) is 0 Å². The quantitative estimate of drug-likeness (QED) is 0.901. The van der Waals surface area contributed by atoms with Crippen LogP contribution < -0.4 is 0 Å². The minimum atomic E-state index is -0.792. The summed E-state index contributed by atoms with van der Waals surface area (Å²) in [6.45, 7) is 6.61. The fourth-order valence-electron chi connectivity index (χ4n) is 3.50. The third-order valence-corrected chi connectivity index (χ3v) is 5.95. The van der Waals surface area contributed by atoms with Crippen molar-refractivity contribution in [3.63, 3.8) is 0 Å². The Morgan fingerprint density at radius 2 is 2.24 bits per heavy atom. The zero-order valence-corrected chi connectivity index (χ0v) is 13.5. The number of aryl methyl sites for hydroxylation is 1.